The summed E-state index contributed by atoms with van der Waals surface area (Å²) in [6, 6.07) is 0. The molecule has 0 N–H and O–H groups in total. The number of ether oxygens (including phenoxy) is 5. The smallest absolute Gasteiger partial charge is 0.164 e. The Balaban J connectivity index is 1.74. The SMILES string of the molecule is C#CCO[C@@H]1[C@H]2CC(C)(C)O[C@H]2O[C@@H]1C1COC(C)(C)O1. The van der Waals surface area contributed by atoms with E-state index in [0.29, 0.717) is 6.61 Å². The maximum absolute atomic E-state index is 6.09. The van der Waals surface area contributed by atoms with E-state index in [9.17, 15) is 0 Å². The van der Waals surface area contributed by atoms with Gasteiger partial charge in [-0.05, 0) is 34.1 Å². The van der Waals surface area contributed by atoms with Crippen molar-refractivity contribution in [3.8, 4) is 12.3 Å². The molecule has 0 saturated carbocycles. The van der Waals surface area contributed by atoms with Crippen LogP contribution in [0.2, 0.25) is 0 Å². The molecule has 0 aromatic heterocycles. The summed E-state index contributed by atoms with van der Waals surface area (Å²) in [5.41, 5.74) is -0.190. The summed E-state index contributed by atoms with van der Waals surface area (Å²) >= 11 is 0. The number of hydrogen-bond acceptors (Lipinski definition) is 5. The molecule has 5 nitrogen and oxygen atoms in total. The van der Waals surface area contributed by atoms with E-state index in [0.717, 1.165) is 6.42 Å². The highest BCUT2D eigenvalue weighted by molar-refractivity contribution is 5.01. The van der Waals surface area contributed by atoms with Crippen molar-refractivity contribution in [3.63, 3.8) is 0 Å². The van der Waals surface area contributed by atoms with Crippen LogP contribution in [0.4, 0.5) is 0 Å². The first kappa shape index (κ1) is 15.3. The average Bonchev–Trinajstić information content (AvgIpc) is 2.96. The molecule has 0 amide bonds. The Bertz CT molecular complexity index is 438. The zero-order valence-electron chi connectivity index (χ0n) is 13.1. The lowest BCUT2D eigenvalue weighted by atomic mass is 9.90. The zero-order chi connectivity index (χ0) is 15.3. The topological polar surface area (TPSA) is 46.2 Å². The monoisotopic (exact) mass is 296 g/mol. The highest BCUT2D eigenvalue weighted by Crippen LogP contribution is 2.46. The van der Waals surface area contributed by atoms with Gasteiger partial charge in [-0.3, -0.25) is 0 Å². The lowest BCUT2D eigenvalue weighted by Gasteiger charge is -2.28. The Morgan fingerprint density at radius 3 is 2.62 bits per heavy atom. The number of rotatable bonds is 3. The largest absolute Gasteiger partial charge is 0.362 e. The Hall–Kier alpha value is -0.640. The highest BCUT2D eigenvalue weighted by Gasteiger charge is 2.57. The summed E-state index contributed by atoms with van der Waals surface area (Å²) in [6.45, 7) is 8.71. The van der Waals surface area contributed by atoms with Gasteiger partial charge in [0, 0.05) is 5.92 Å². The molecular weight excluding hydrogens is 272 g/mol. The van der Waals surface area contributed by atoms with Gasteiger partial charge in [-0.25, -0.2) is 0 Å². The van der Waals surface area contributed by atoms with E-state index in [1.807, 2.05) is 13.8 Å². The molecule has 0 aromatic rings. The van der Waals surface area contributed by atoms with Gasteiger partial charge in [0.15, 0.2) is 12.1 Å². The molecule has 0 radical (unpaired) electrons. The van der Waals surface area contributed by atoms with Crippen molar-refractivity contribution in [3.05, 3.63) is 0 Å². The summed E-state index contributed by atoms with van der Waals surface area (Å²) in [5.74, 6) is 2.14. The summed E-state index contributed by atoms with van der Waals surface area (Å²) in [5, 5.41) is 0. The standard InChI is InChI=1S/C16H24O5/c1-6-7-17-12-10-8-15(2,3)21-14(10)19-13(12)11-9-18-16(4,5)20-11/h1,10-14H,7-9H2,2-5H3/t10-,11?,12-,13-,14-/m1/s1. The minimum absolute atomic E-state index is 0.115. The van der Waals surface area contributed by atoms with Crippen LogP contribution in [0.3, 0.4) is 0 Å². The molecule has 0 aromatic carbocycles. The maximum Gasteiger partial charge on any atom is 0.164 e. The summed E-state index contributed by atoms with van der Waals surface area (Å²) in [7, 11) is 0. The number of terminal acetylenes is 1. The van der Waals surface area contributed by atoms with Crippen LogP contribution in [0.15, 0.2) is 0 Å². The van der Waals surface area contributed by atoms with Gasteiger partial charge in [0.05, 0.1) is 18.3 Å². The van der Waals surface area contributed by atoms with Crippen LogP contribution < -0.4 is 0 Å². The normalized spacial score (nSPS) is 43.7. The fraction of sp³-hybridized carbons (Fsp3) is 0.875. The van der Waals surface area contributed by atoms with Gasteiger partial charge in [0.2, 0.25) is 0 Å². The van der Waals surface area contributed by atoms with E-state index in [2.05, 4.69) is 19.8 Å². The summed E-state index contributed by atoms with van der Waals surface area (Å²) < 4.78 is 29.5. The average molecular weight is 296 g/mol. The lowest BCUT2D eigenvalue weighted by molar-refractivity contribution is -0.201. The van der Waals surface area contributed by atoms with Crippen molar-refractivity contribution in [1.29, 1.82) is 0 Å². The summed E-state index contributed by atoms with van der Waals surface area (Å²) in [6.07, 6.45) is 5.50. The zero-order valence-corrected chi connectivity index (χ0v) is 13.1. The molecule has 3 aliphatic rings. The second-order valence-electron chi connectivity index (χ2n) is 7.06. The van der Waals surface area contributed by atoms with E-state index < -0.39 is 5.79 Å². The van der Waals surface area contributed by atoms with E-state index in [1.54, 1.807) is 0 Å². The molecular formula is C16H24O5. The van der Waals surface area contributed by atoms with Gasteiger partial charge in [0.25, 0.3) is 0 Å². The van der Waals surface area contributed by atoms with Crippen molar-refractivity contribution in [2.45, 2.75) is 70.1 Å². The van der Waals surface area contributed by atoms with E-state index >= 15 is 0 Å². The maximum atomic E-state index is 6.09. The van der Waals surface area contributed by atoms with Crippen LogP contribution in [0, 0.1) is 18.3 Å². The third kappa shape index (κ3) is 2.96. The van der Waals surface area contributed by atoms with E-state index in [4.69, 9.17) is 30.1 Å². The molecule has 1 unspecified atom stereocenters. The quantitative estimate of drug-likeness (QED) is 0.742. The van der Waals surface area contributed by atoms with Gasteiger partial charge in [0.1, 0.15) is 18.8 Å². The highest BCUT2D eigenvalue weighted by atomic mass is 16.8. The fourth-order valence-corrected chi connectivity index (χ4v) is 3.53. The van der Waals surface area contributed by atoms with Gasteiger partial charge in [-0.2, -0.15) is 0 Å². The second-order valence-corrected chi connectivity index (χ2v) is 7.06. The minimum atomic E-state index is -0.581. The number of fused-ring (bicyclic) bond motifs is 1. The Kier molecular flexibility index (Phi) is 3.79. The van der Waals surface area contributed by atoms with Crippen molar-refractivity contribution >= 4 is 0 Å². The predicted molar refractivity (Wildman–Crippen MR) is 75.4 cm³/mol. The summed E-state index contributed by atoms with van der Waals surface area (Å²) in [4.78, 5) is 0. The number of hydrogen-bond donors (Lipinski definition) is 0. The van der Waals surface area contributed by atoms with Crippen molar-refractivity contribution in [2.75, 3.05) is 13.2 Å². The molecule has 5 heteroatoms. The molecule has 3 aliphatic heterocycles. The molecule has 118 valence electrons. The first-order valence-corrected chi connectivity index (χ1v) is 7.51. The molecule has 3 rings (SSSR count). The molecule has 3 fully saturated rings. The molecule has 21 heavy (non-hydrogen) atoms. The van der Waals surface area contributed by atoms with Gasteiger partial charge < -0.3 is 23.7 Å². The Morgan fingerprint density at radius 2 is 2.00 bits per heavy atom. The molecule has 3 heterocycles. The van der Waals surface area contributed by atoms with Crippen molar-refractivity contribution in [2.24, 2.45) is 5.92 Å². The Labute approximate surface area is 126 Å². The van der Waals surface area contributed by atoms with Crippen LogP contribution in [-0.2, 0) is 23.7 Å². The Morgan fingerprint density at radius 1 is 1.24 bits per heavy atom. The second kappa shape index (κ2) is 5.22. The fourth-order valence-electron chi connectivity index (χ4n) is 3.53. The van der Waals surface area contributed by atoms with E-state index in [1.165, 1.54) is 0 Å². The third-order valence-corrected chi connectivity index (χ3v) is 4.31. The van der Waals surface area contributed by atoms with Crippen molar-refractivity contribution in [1.82, 2.24) is 0 Å². The van der Waals surface area contributed by atoms with E-state index in [-0.39, 0.29) is 42.7 Å². The van der Waals surface area contributed by atoms with Gasteiger partial charge >= 0.3 is 0 Å². The molecule has 0 aliphatic carbocycles. The molecule has 0 spiro atoms. The van der Waals surface area contributed by atoms with Crippen LogP contribution >= 0.6 is 0 Å². The molecule has 3 saturated heterocycles. The van der Waals surface area contributed by atoms with Crippen LogP contribution in [0.25, 0.3) is 0 Å². The van der Waals surface area contributed by atoms with Crippen LogP contribution in [-0.4, -0.2) is 49.2 Å². The lowest BCUT2D eigenvalue weighted by Crippen LogP contribution is -2.42. The van der Waals surface area contributed by atoms with Gasteiger partial charge in [-0.15, -0.1) is 6.42 Å². The van der Waals surface area contributed by atoms with Crippen LogP contribution in [0.5, 0.6) is 0 Å². The molecule has 0 bridgehead atoms. The first-order valence-electron chi connectivity index (χ1n) is 7.51. The predicted octanol–water partition coefficient (Wildman–Crippen LogP) is 1.70. The van der Waals surface area contributed by atoms with Gasteiger partial charge in [-0.1, -0.05) is 5.92 Å². The minimum Gasteiger partial charge on any atom is -0.362 e. The first-order chi connectivity index (χ1) is 9.81. The molecule has 5 atom stereocenters. The van der Waals surface area contributed by atoms with Crippen molar-refractivity contribution < 1.29 is 23.7 Å². The third-order valence-electron chi connectivity index (χ3n) is 4.31. The van der Waals surface area contributed by atoms with Crippen LogP contribution in [0.1, 0.15) is 34.1 Å².